The van der Waals surface area contributed by atoms with Gasteiger partial charge in [0.05, 0.1) is 0 Å². The molecular weight excluding hydrogens is 326 g/mol. The minimum absolute atomic E-state index is 0. The number of hydrogen-bond donors (Lipinski definition) is 0. The van der Waals surface area contributed by atoms with Crippen molar-refractivity contribution in [3.05, 3.63) is 0 Å². The van der Waals surface area contributed by atoms with Gasteiger partial charge in [0.25, 0.3) is 0 Å². The molecule has 4 heavy (non-hydrogen) atoms. The van der Waals surface area contributed by atoms with E-state index in [1.165, 1.54) is 0 Å². The standard InChI is InChI=1S/Co.Ir.Ni.O. The molecule has 0 atom stereocenters. The van der Waals surface area contributed by atoms with Crippen LogP contribution in [-0.4, -0.2) is 0 Å². The van der Waals surface area contributed by atoms with Gasteiger partial charge >= 0.3 is 22.4 Å². The van der Waals surface area contributed by atoms with E-state index in [1.54, 1.807) is 0 Å². The summed E-state index contributed by atoms with van der Waals surface area (Å²) in [6, 6.07) is 0. The van der Waals surface area contributed by atoms with Crippen molar-refractivity contribution in [3.63, 3.8) is 0 Å². The van der Waals surface area contributed by atoms with E-state index in [4.69, 9.17) is 3.50 Å². The van der Waals surface area contributed by atoms with E-state index in [0.29, 0.717) is 0 Å². The summed E-state index contributed by atoms with van der Waals surface area (Å²) in [6.07, 6.45) is 0. The normalized spacial score (nSPS) is 1.25. The zero-order valence-corrected chi connectivity index (χ0v) is 5.81. The molecule has 1 radical (unpaired) electrons. The number of rotatable bonds is 0. The molecule has 0 bridgehead atoms. The molecule has 0 fully saturated rings. The van der Waals surface area contributed by atoms with Gasteiger partial charge in [-0.05, 0) is 0 Å². The average Bonchev–Trinajstić information content (AvgIpc) is 1.00. The van der Waals surface area contributed by atoms with Crippen LogP contribution in [0.4, 0.5) is 0 Å². The van der Waals surface area contributed by atoms with Crippen LogP contribution in [0.5, 0.6) is 0 Å². The van der Waals surface area contributed by atoms with Crippen molar-refractivity contribution >= 4 is 0 Å². The van der Waals surface area contributed by atoms with Gasteiger partial charge in [-0.1, -0.05) is 0 Å². The molecule has 0 saturated heterocycles. The van der Waals surface area contributed by atoms with Crippen molar-refractivity contribution in [2.24, 2.45) is 0 Å². The van der Waals surface area contributed by atoms with E-state index in [9.17, 15) is 0 Å². The Balaban J connectivity index is -0.00000000500. The minimum atomic E-state index is 0. The molecule has 0 aromatic heterocycles. The van der Waals surface area contributed by atoms with E-state index in [-0.39, 0.29) is 33.3 Å². The first kappa shape index (κ1) is 18.0. The van der Waals surface area contributed by atoms with Crippen LogP contribution in [-0.2, 0) is 55.6 Å². The molecule has 0 unspecified atom stereocenters. The Morgan fingerprint density at radius 1 is 1.25 bits per heavy atom. The average molecular weight is 326 g/mol. The molecule has 0 N–H and O–H groups in total. The van der Waals surface area contributed by atoms with Crippen LogP contribution in [0.2, 0.25) is 0 Å². The van der Waals surface area contributed by atoms with Crippen molar-refractivity contribution in [3.8, 4) is 0 Å². The van der Waals surface area contributed by atoms with Crippen LogP contribution in [0.1, 0.15) is 0 Å². The fourth-order valence-corrected chi connectivity index (χ4v) is 0. The Morgan fingerprint density at radius 3 is 1.25 bits per heavy atom. The molecule has 0 spiro atoms. The maximum absolute atomic E-state index is 8.25. The second-order valence-corrected chi connectivity index (χ2v) is 0. The van der Waals surface area contributed by atoms with Crippen molar-refractivity contribution in [2.75, 3.05) is 0 Å². The first-order valence-electron chi connectivity index (χ1n) is 0.136. The van der Waals surface area contributed by atoms with Crippen molar-refractivity contribution in [1.29, 1.82) is 0 Å². The third-order valence-electron chi connectivity index (χ3n) is 0. The molecule has 34 valence electrons. The molecule has 1 nitrogen and oxygen atoms in total. The zero-order valence-electron chi connectivity index (χ0n) is 1.39. The summed E-state index contributed by atoms with van der Waals surface area (Å²) in [4.78, 5) is 0. The van der Waals surface area contributed by atoms with Gasteiger partial charge in [-0.3, -0.25) is 0 Å². The van der Waals surface area contributed by atoms with Crippen LogP contribution in [0.15, 0.2) is 0 Å². The van der Waals surface area contributed by atoms with E-state index in [1.807, 2.05) is 0 Å². The molecule has 0 rings (SSSR count). The van der Waals surface area contributed by atoms with Gasteiger partial charge in [0, 0.05) is 33.3 Å². The second kappa shape index (κ2) is 25.2. The van der Waals surface area contributed by atoms with Gasteiger partial charge in [-0.2, -0.15) is 0 Å². The zero-order chi connectivity index (χ0) is 2.00. The molecule has 4 heteroatoms. The molecule has 0 amide bonds. The van der Waals surface area contributed by atoms with Crippen LogP contribution >= 0.6 is 0 Å². The molecular formula is CoIrNiO. The second-order valence-electron chi connectivity index (χ2n) is 0. The first-order chi connectivity index (χ1) is 1.00. The first-order valence-corrected chi connectivity index (χ1v) is 1.11. The summed E-state index contributed by atoms with van der Waals surface area (Å²) in [5.74, 6) is 0. The topological polar surface area (TPSA) is 17.1 Å². The molecule has 0 aliphatic carbocycles. The molecule has 0 aliphatic heterocycles. The predicted molar refractivity (Wildman–Crippen MR) is 0.686 cm³/mol. The quantitative estimate of drug-likeness (QED) is 0.567. The van der Waals surface area contributed by atoms with Gasteiger partial charge < -0.3 is 0 Å². The van der Waals surface area contributed by atoms with Crippen LogP contribution in [0.25, 0.3) is 0 Å². The van der Waals surface area contributed by atoms with Crippen molar-refractivity contribution < 1.29 is 55.6 Å². The Morgan fingerprint density at radius 2 is 1.25 bits per heavy atom. The van der Waals surface area contributed by atoms with Crippen molar-refractivity contribution in [1.82, 2.24) is 0 Å². The maximum atomic E-state index is 8.25. The summed E-state index contributed by atoms with van der Waals surface area (Å²) in [6.45, 7) is 0. The van der Waals surface area contributed by atoms with Gasteiger partial charge in [-0.15, -0.1) is 0 Å². The monoisotopic (exact) mass is 326 g/mol. The fraction of sp³-hybridized carbons (Fsp3) is 0. The summed E-state index contributed by atoms with van der Waals surface area (Å²) in [5, 5.41) is 0. The van der Waals surface area contributed by atoms with Gasteiger partial charge in [0.15, 0.2) is 0 Å². The van der Waals surface area contributed by atoms with Crippen LogP contribution in [0, 0.1) is 0 Å². The summed E-state index contributed by atoms with van der Waals surface area (Å²) in [7, 11) is 0. The molecule has 0 saturated carbocycles. The number of hydrogen-bond acceptors (Lipinski definition) is 1. The summed E-state index contributed by atoms with van der Waals surface area (Å²) >= 11 is 0.750. The van der Waals surface area contributed by atoms with Gasteiger partial charge in [0.1, 0.15) is 0 Å². The fourth-order valence-electron chi connectivity index (χ4n) is 0. The third kappa shape index (κ3) is 9.85. The van der Waals surface area contributed by atoms with Crippen LogP contribution in [0.3, 0.4) is 0 Å². The van der Waals surface area contributed by atoms with E-state index >= 15 is 0 Å². The van der Waals surface area contributed by atoms with E-state index in [0.717, 1.165) is 18.9 Å². The molecule has 0 heterocycles. The Kier molecular flexibility index (Phi) is 113. The molecule has 0 aromatic rings. The SMILES string of the molecule is [Co].[Ni].[O]=[Ir]. The van der Waals surface area contributed by atoms with Gasteiger partial charge in [0.2, 0.25) is 0 Å². The third-order valence-corrected chi connectivity index (χ3v) is 0. The Hall–Kier alpha value is 1.45. The predicted octanol–water partition coefficient (Wildman–Crippen LogP) is -0.126. The van der Waals surface area contributed by atoms with E-state index in [2.05, 4.69) is 0 Å². The Labute approximate surface area is 55.5 Å². The van der Waals surface area contributed by atoms with Crippen molar-refractivity contribution in [2.45, 2.75) is 0 Å². The van der Waals surface area contributed by atoms with Crippen LogP contribution < -0.4 is 0 Å². The van der Waals surface area contributed by atoms with Gasteiger partial charge in [-0.25, -0.2) is 0 Å². The summed E-state index contributed by atoms with van der Waals surface area (Å²) < 4.78 is 8.25. The molecule has 0 aromatic carbocycles. The molecule has 0 aliphatic rings. The Bertz CT molecular complexity index is 8.00. The van der Waals surface area contributed by atoms with E-state index < -0.39 is 0 Å². The summed E-state index contributed by atoms with van der Waals surface area (Å²) in [5.41, 5.74) is 0.